The van der Waals surface area contributed by atoms with Crippen LogP contribution < -0.4 is 16.2 Å². The Hall–Kier alpha value is -1.60. The van der Waals surface area contributed by atoms with E-state index in [2.05, 4.69) is 4.72 Å². The van der Waals surface area contributed by atoms with Gasteiger partial charge in [-0.15, -0.1) is 0 Å². The molecule has 0 radical (unpaired) electrons. The van der Waals surface area contributed by atoms with Crippen molar-refractivity contribution >= 4 is 21.6 Å². The molecule has 20 heavy (non-hydrogen) atoms. The maximum Gasteiger partial charge on any atom is 0.242 e. The van der Waals surface area contributed by atoms with Crippen molar-refractivity contribution in [1.29, 1.82) is 0 Å². The van der Waals surface area contributed by atoms with Gasteiger partial charge in [0.2, 0.25) is 15.9 Å². The molecule has 0 spiro atoms. The van der Waals surface area contributed by atoms with Gasteiger partial charge in [-0.05, 0) is 43.9 Å². The van der Waals surface area contributed by atoms with Crippen molar-refractivity contribution in [1.82, 2.24) is 4.72 Å². The summed E-state index contributed by atoms with van der Waals surface area (Å²) < 4.78 is 27.0. The lowest BCUT2D eigenvalue weighted by Gasteiger charge is -2.13. The van der Waals surface area contributed by atoms with E-state index in [-0.39, 0.29) is 29.5 Å². The zero-order valence-electron chi connectivity index (χ0n) is 11.8. The van der Waals surface area contributed by atoms with Crippen LogP contribution in [0.5, 0.6) is 0 Å². The number of sulfonamides is 1. The minimum absolute atomic E-state index is 0.132. The molecule has 0 bridgehead atoms. The highest BCUT2D eigenvalue weighted by molar-refractivity contribution is 7.89. The van der Waals surface area contributed by atoms with Gasteiger partial charge in [-0.1, -0.05) is 6.07 Å². The van der Waals surface area contributed by atoms with Crippen LogP contribution in [0.4, 0.5) is 5.69 Å². The summed E-state index contributed by atoms with van der Waals surface area (Å²) in [6.45, 7) is 3.82. The van der Waals surface area contributed by atoms with E-state index in [0.29, 0.717) is 18.4 Å². The predicted molar refractivity (Wildman–Crippen MR) is 78.6 cm³/mol. The second-order valence-electron chi connectivity index (χ2n) is 4.75. The zero-order valence-corrected chi connectivity index (χ0v) is 12.6. The third kappa shape index (κ3) is 4.21. The van der Waals surface area contributed by atoms with Gasteiger partial charge in [0, 0.05) is 13.0 Å². The number of primary amides is 1. The highest BCUT2D eigenvalue weighted by atomic mass is 32.2. The fourth-order valence-corrected chi connectivity index (χ4v) is 3.37. The number of hydrogen-bond acceptors (Lipinski definition) is 4. The van der Waals surface area contributed by atoms with E-state index in [1.54, 1.807) is 19.1 Å². The van der Waals surface area contributed by atoms with Gasteiger partial charge < -0.3 is 11.5 Å². The monoisotopic (exact) mass is 299 g/mol. The summed E-state index contributed by atoms with van der Waals surface area (Å²) in [7, 11) is -3.64. The van der Waals surface area contributed by atoms with Gasteiger partial charge in [-0.3, -0.25) is 4.79 Å². The molecular weight excluding hydrogens is 278 g/mol. The molecule has 0 fully saturated rings. The van der Waals surface area contributed by atoms with Crippen LogP contribution in [-0.2, 0) is 14.8 Å². The number of carbonyl (C=O) groups is 1. The van der Waals surface area contributed by atoms with Gasteiger partial charge in [0.05, 0.1) is 5.69 Å². The average molecular weight is 299 g/mol. The summed E-state index contributed by atoms with van der Waals surface area (Å²) in [5.74, 6) is -0.383. The molecule has 0 saturated heterocycles. The molecule has 1 rings (SSSR count). The number of aryl methyl sites for hydroxylation is 1. The van der Waals surface area contributed by atoms with Crippen molar-refractivity contribution in [3.63, 3.8) is 0 Å². The standard InChI is InChI=1S/C13H21N3O3S/c1-9-6-7-11(14)13(10(9)2)20(18,19)16-8-4-3-5-12(15)17/h6-7,16H,3-5,8,14H2,1-2H3,(H2,15,17). The maximum atomic E-state index is 12.2. The molecule has 0 aliphatic heterocycles. The van der Waals surface area contributed by atoms with Gasteiger partial charge >= 0.3 is 0 Å². The SMILES string of the molecule is Cc1ccc(N)c(S(=O)(=O)NCCCCC(N)=O)c1C. The van der Waals surface area contributed by atoms with Gasteiger partial charge in [-0.2, -0.15) is 0 Å². The van der Waals surface area contributed by atoms with Crippen LogP contribution in [0, 0.1) is 13.8 Å². The molecule has 0 heterocycles. The Kier molecular flexibility index (Phi) is 5.52. The molecule has 0 saturated carbocycles. The Morgan fingerprint density at radius 3 is 2.50 bits per heavy atom. The van der Waals surface area contributed by atoms with E-state index >= 15 is 0 Å². The molecule has 1 aromatic carbocycles. The van der Waals surface area contributed by atoms with Gasteiger partial charge in [0.15, 0.2) is 0 Å². The van der Waals surface area contributed by atoms with Gasteiger partial charge in [0.1, 0.15) is 4.90 Å². The minimum atomic E-state index is -3.64. The number of nitrogen functional groups attached to an aromatic ring is 1. The van der Waals surface area contributed by atoms with Crippen LogP contribution in [0.1, 0.15) is 30.4 Å². The third-order valence-electron chi connectivity index (χ3n) is 3.12. The number of rotatable bonds is 7. The summed E-state index contributed by atoms with van der Waals surface area (Å²) in [5, 5.41) is 0. The normalized spacial score (nSPS) is 11.5. The lowest BCUT2D eigenvalue weighted by molar-refractivity contribution is -0.118. The van der Waals surface area contributed by atoms with E-state index in [9.17, 15) is 13.2 Å². The largest absolute Gasteiger partial charge is 0.398 e. The average Bonchev–Trinajstić information content (AvgIpc) is 2.33. The number of nitrogens with one attached hydrogen (secondary N) is 1. The first kappa shape index (κ1) is 16.5. The minimum Gasteiger partial charge on any atom is -0.398 e. The Labute approximate surface area is 119 Å². The third-order valence-corrected chi connectivity index (χ3v) is 4.78. The summed E-state index contributed by atoms with van der Waals surface area (Å²) in [4.78, 5) is 10.7. The van der Waals surface area contributed by atoms with Crippen LogP contribution in [0.2, 0.25) is 0 Å². The highest BCUT2D eigenvalue weighted by Gasteiger charge is 2.20. The number of benzene rings is 1. The molecule has 6 nitrogen and oxygen atoms in total. The summed E-state index contributed by atoms with van der Waals surface area (Å²) in [5.41, 5.74) is 12.5. The molecule has 0 aliphatic carbocycles. The van der Waals surface area contributed by atoms with E-state index in [1.165, 1.54) is 0 Å². The second kappa shape index (κ2) is 6.71. The Bertz CT molecular complexity index is 597. The van der Waals surface area contributed by atoms with Crippen molar-refractivity contribution in [3.8, 4) is 0 Å². The lowest BCUT2D eigenvalue weighted by Crippen LogP contribution is -2.26. The molecule has 0 unspecified atom stereocenters. The summed E-state index contributed by atoms with van der Waals surface area (Å²) >= 11 is 0. The molecule has 112 valence electrons. The van der Waals surface area contributed by atoms with E-state index < -0.39 is 10.0 Å². The zero-order chi connectivity index (χ0) is 15.3. The van der Waals surface area contributed by atoms with E-state index in [1.807, 2.05) is 6.92 Å². The summed E-state index contributed by atoms with van der Waals surface area (Å²) in [6, 6.07) is 3.38. The fraction of sp³-hybridized carbons (Fsp3) is 0.462. The quantitative estimate of drug-likeness (QED) is 0.510. The van der Waals surface area contributed by atoms with E-state index in [0.717, 1.165) is 5.56 Å². The Morgan fingerprint density at radius 1 is 1.25 bits per heavy atom. The number of anilines is 1. The van der Waals surface area contributed by atoms with Crippen molar-refractivity contribution in [2.75, 3.05) is 12.3 Å². The van der Waals surface area contributed by atoms with Crippen LogP contribution in [0.25, 0.3) is 0 Å². The van der Waals surface area contributed by atoms with Crippen LogP contribution >= 0.6 is 0 Å². The first-order chi connectivity index (χ1) is 9.25. The van der Waals surface area contributed by atoms with Crippen molar-refractivity contribution < 1.29 is 13.2 Å². The van der Waals surface area contributed by atoms with Gasteiger partial charge in [-0.25, -0.2) is 13.1 Å². The molecule has 0 aliphatic rings. The van der Waals surface area contributed by atoms with Crippen molar-refractivity contribution in [2.45, 2.75) is 38.0 Å². The topological polar surface area (TPSA) is 115 Å². The van der Waals surface area contributed by atoms with Crippen molar-refractivity contribution in [2.24, 2.45) is 5.73 Å². The number of unbranched alkanes of at least 4 members (excludes halogenated alkanes) is 1. The Balaban J connectivity index is 2.75. The molecule has 7 heteroatoms. The molecule has 1 aromatic rings. The predicted octanol–water partition coefficient (Wildman–Crippen LogP) is 0.820. The number of amides is 1. The van der Waals surface area contributed by atoms with Crippen molar-refractivity contribution in [3.05, 3.63) is 23.3 Å². The Morgan fingerprint density at radius 2 is 1.90 bits per heavy atom. The highest BCUT2D eigenvalue weighted by Crippen LogP contribution is 2.24. The second-order valence-corrected chi connectivity index (χ2v) is 6.45. The smallest absolute Gasteiger partial charge is 0.242 e. The molecule has 0 aromatic heterocycles. The number of carbonyl (C=O) groups excluding carboxylic acids is 1. The van der Waals surface area contributed by atoms with Crippen LogP contribution in [0.15, 0.2) is 17.0 Å². The number of hydrogen-bond donors (Lipinski definition) is 3. The first-order valence-corrected chi connectivity index (χ1v) is 7.87. The molecule has 0 atom stereocenters. The molecular formula is C13H21N3O3S. The fourth-order valence-electron chi connectivity index (χ4n) is 1.87. The maximum absolute atomic E-state index is 12.2. The first-order valence-electron chi connectivity index (χ1n) is 6.39. The molecule has 1 amide bonds. The summed E-state index contributed by atoms with van der Waals surface area (Å²) in [6.07, 6.45) is 1.36. The van der Waals surface area contributed by atoms with Crippen LogP contribution in [-0.4, -0.2) is 20.9 Å². The van der Waals surface area contributed by atoms with Crippen LogP contribution in [0.3, 0.4) is 0 Å². The van der Waals surface area contributed by atoms with Gasteiger partial charge in [0.25, 0.3) is 0 Å². The lowest BCUT2D eigenvalue weighted by atomic mass is 10.1. The number of nitrogens with two attached hydrogens (primary N) is 2. The molecule has 5 N–H and O–H groups in total. The van der Waals surface area contributed by atoms with E-state index in [4.69, 9.17) is 11.5 Å².